The van der Waals surface area contributed by atoms with Crippen molar-refractivity contribution in [2.75, 3.05) is 7.11 Å². The summed E-state index contributed by atoms with van der Waals surface area (Å²) in [5.41, 5.74) is 3.79. The van der Waals surface area contributed by atoms with Gasteiger partial charge in [-0.05, 0) is 54.4 Å². The van der Waals surface area contributed by atoms with Gasteiger partial charge in [-0.1, -0.05) is 19.1 Å². The topological polar surface area (TPSA) is 73.6 Å². The van der Waals surface area contributed by atoms with Crippen LogP contribution in [0.25, 0.3) is 22.3 Å². The van der Waals surface area contributed by atoms with E-state index in [1.807, 2.05) is 42.5 Å². The summed E-state index contributed by atoms with van der Waals surface area (Å²) in [6.45, 7) is 2.10. The average Bonchev–Trinajstić information content (AvgIpc) is 2.83. The molecule has 0 unspecified atom stereocenters. The Bertz CT molecular complexity index is 1390. The molecule has 182 valence electrons. The number of aryl methyl sites for hydroxylation is 1. The van der Waals surface area contributed by atoms with Crippen LogP contribution < -0.4 is 15.1 Å². The molecule has 0 saturated carbocycles. The summed E-state index contributed by atoms with van der Waals surface area (Å²) in [4.78, 5) is 14.7. The van der Waals surface area contributed by atoms with E-state index in [1.165, 1.54) is 5.56 Å². The second kappa shape index (κ2) is 10.9. The number of carboxylic acids is 1. The van der Waals surface area contributed by atoms with Gasteiger partial charge in [0.05, 0.1) is 24.1 Å². The van der Waals surface area contributed by atoms with Gasteiger partial charge in [0.1, 0.15) is 17.1 Å². The molecule has 0 fully saturated rings. The second-order valence-corrected chi connectivity index (χ2v) is 7.44. The van der Waals surface area contributed by atoms with Gasteiger partial charge in [-0.2, -0.15) is 0 Å². The summed E-state index contributed by atoms with van der Waals surface area (Å²) < 4.78 is 50.4. The molecular formula is C25H22BF4NO4. The molecule has 10 heteroatoms. The lowest BCUT2D eigenvalue weighted by Gasteiger charge is -2.06. The number of aromatic carboxylic acids is 1. The molecule has 1 aromatic heterocycles. The van der Waals surface area contributed by atoms with Gasteiger partial charge < -0.3 is 31.5 Å². The zero-order chi connectivity index (χ0) is 25.6. The second-order valence-electron chi connectivity index (χ2n) is 7.44. The van der Waals surface area contributed by atoms with Crippen molar-refractivity contribution >= 4 is 29.9 Å². The molecule has 1 heterocycles. The first-order valence-corrected chi connectivity index (χ1v) is 10.6. The molecule has 4 rings (SSSR count). The zero-order valence-electron chi connectivity index (χ0n) is 18.9. The lowest BCUT2D eigenvalue weighted by molar-refractivity contribution is -0.400. The Morgan fingerprint density at radius 2 is 1.69 bits per heavy atom. The maximum absolute atomic E-state index is 11.3. The molecule has 35 heavy (non-hydrogen) atoms. The monoisotopic (exact) mass is 487 g/mol. The third-order valence-electron chi connectivity index (χ3n) is 5.00. The molecule has 3 aromatic carbocycles. The van der Waals surface area contributed by atoms with Crippen LogP contribution in [0.1, 0.15) is 22.8 Å². The van der Waals surface area contributed by atoms with Crippen molar-refractivity contribution in [1.82, 2.24) is 0 Å². The van der Waals surface area contributed by atoms with Crippen LogP contribution in [0, 0.1) is 0 Å². The van der Waals surface area contributed by atoms with E-state index in [9.17, 15) is 27.2 Å². The van der Waals surface area contributed by atoms with Crippen molar-refractivity contribution in [3.8, 4) is 17.1 Å². The fraction of sp³-hybridized carbons (Fsp3) is 0.120. The summed E-state index contributed by atoms with van der Waals surface area (Å²) in [5.74, 6) is 0.515. The summed E-state index contributed by atoms with van der Waals surface area (Å²) in [5, 5.41) is 11.1. The molecule has 0 radical (unpaired) electrons. The van der Waals surface area contributed by atoms with E-state index < -0.39 is 13.2 Å². The Hall–Kier alpha value is -4.08. The fourth-order valence-electron chi connectivity index (χ4n) is 3.34. The normalized spacial score (nSPS) is 11.7. The quantitative estimate of drug-likeness (QED) is 0.308. The van der Waals surface area contributed by atoms with Crippen LogP contribution in [0.3, 0.4) is 0 Å². The number of carboxylic acid groups (broad SMARTS) is 1. The average molecular weight is 487 g/mol. The van der Waals surface area contributed by atoms with E-state index in [2.05, 4.69) is 24.0 Å². The molecule has 0 saturated heterocycles. The Morgan fingerprint density at radius 3 is 2.29 bits per heavy atom. The number of hydrogen-bond acceptors (Lipinski definition) is 3. The van der Waals surface area contributed by atoms with Crippen molar-refractivity contribution in [3.63, 3.8) is 0 Å². The van der Waals surface area contributed by atoms with Gasteiger partial charge in [-0.3, -0.25) is 0 Å². The number of benzene rings is 3. The molecule has 0 spiro atoms. The molecule has 0 aliphatic carbocycles. The van der Waals surface area contributed by atoms with Crippen molar-refractivity contribution in [1.29, 1.82) is 0 Å². The molecule has 0 aliphatic heterocycles. The number of carbonyl (C=O) groups is 1. The number of halogens is 4. The van der Waals surface area contributed by atoms with Crippen LogP contribution in [-0.2, 0) is 6.42 Å². The number of nitrogens with one attached hydrogen (secondary N) is 1. The Labute approximate surface area is 198 Å². The van der Waals surface area contributed by atoms with Crippen LogP contribution in [0.4, 0.5) is 23.0 Å². The maximum atomic E-state index is 11.3. The number of fused-ring (bicyclic) bond motifs is 1. The minimum absolute atomic E-state index is 0.231. The SMILES string of the molecule is CCc1ccc2oc(-c3ccc(OC)cc3)cc(=[NH+]c3cccc(C(=O)O)c3)c2c1.F[B-](F)(F)F. The van der Waals surface area contributed by atoms with E-state index >= 15 is 0 Å². The highest BCUT2D eigenvalue weighted by atomic mass is 19.5. The van der Waals surface area contributed by atoms with Crippen molar-refractivity contribution in [2.24, 2.45) is 0 Å². The molecule has 4 aromatic rings. The van der Waals surface area contributed by atoms with Crippen LogP contribution in [0.15, 0.2) is 77.2 Å². The predicted octanol–water partition coefficient (Wildman–Crippen LogP) is 4.98. The first-order valence-electron chi connectivity index (χ1n) is 10.6. The molecule has 0 amide bonds. The van der Waals surface area contributed by atoms with Gasteiger partial charge in [0.2, 0.25) is 11.0 Å². The van der Waals surface area contributed by atoms with Crippen LogP contribution in [0.2, 0.25) is 0 Å². The van der Waals surface area contributed by atoms with Crippen molar-refractivity contribution < 1.29 is 41.3 Å². The fourth-order valence-corrected chi connectivity index (χ4v) is 3.34. The first-order chi connectivity index (χ1) is 16.6. The highest BCUT2D eigenvalue weighted by molar-refractivity contribution is 6.50. The van der Waals surface area contributed by atoms with Crippen molar-refractivity contribution in [2.45, 2.75) is 13.3 Å². The van der Waals surface area contributed by atoms with E-state index in [-0.39, 0.29) is 5.56 Å². The van der Waals surface area contributed by atoms with Gasteiger partial charge in [0, 0.05) is 17.7 Å². The van der Waals surface area contributed by atoms with Crippen LogP contribution >= 0.6 is 0 Å². The number of methoxy groups -OCH3 is 1. The minimum atomic E-state index is -6.00. The Morgan fingerprint density at radius 1 is 1.00 bits per heavy atom. The molecular weight excluding hydrogens is 465 g/mol. The smallest absolute Gasteiger partial charge is 0.497 e. The summed E-state index contributed by atoms with van der Waals surface area (Å²) in [7, 11) is -4.37. The number of ether oxygens (including phenoxy) is 1. The largest absolute Gasteiger partial charge is 0.673 e. The van der Waals surface area contributed by atoms with Crippen LogP contribution in [0.5, 0.6) is 5.75 Å². The van der Waals surface area contributed by atoms with Gasteiger partial charge in [0.25, 0.3) is 0 Å². The Balaban J connectivity index is 0.000000623. The summed E-state index contributed by atoms with van der Waals surface area (Å²) in [6, 6.07) is 22.5. The van der Waals surface area contributed by atoms with E-state index in [4.69, 9.17) is 9.15 Å². The first kappa shape index (κ1) is 25.5. The molecule has 5 nitrogen and oxygen atoms in total. The summed E-state index contributed by atoms with van der Waals surface area (Å²) in [6.07, 6.45) is 0.907. The van der Waals surface area contributed by atoms with Crippen LogP contribution in [-0.4, -0.2) is 25.4 Å². The van der Waals surface area contributed by atoms with E-state index in [1.54, 1.807) is 25.3 Å². The third kappa shape index (κ3) is 7.20. The summed E-state index contributed by atoms with van der Waals surface area (Å²) >= 11 is 0. The van der Waals surface area contributed by atoms with Crippen molar-refractivity contribution in [3.05, 3.63) is 89.3 Å². The zero-order valence-corrected chi connectivity index (χ0v) is 18.9. The van der Waals surface area contributed by atoms with Gasteiger partial charge in [0.15, 0.2) is 0 Å². The highest BCUT2D eigenvalue weighted by Gasteiger charge is 2.20. The standard InChI is InChI=1S/C25H21NO4.BF4/c1-3-16-7-12-23-21(13-16)22(26-19-6-4-5-18(14-19)25(27)28)15-24(30-23)17-8-10-20(29-2)11-9-17;2-1(3,4)5/h4-15H,3H2,1-2H3,(H,27,28);/q;-1/p+1. The lowest BCUT2D eigenvalue weighted by atomic mass is 10.1. The van der Waals surface area contributed by atoms with E-state index in [0.29, 0.717) is 11.4 Å². The Kier molecular flexibility index (Phi) is 7.96. The molecule has 0 aliphatic rings. The maximum Gasteiger partial charge on any atom is 0.673 e. The molecule has 0 bridgehead atoms. The number of rotatable bonds is 5. The third-order valence-corrected chi connectivity index (χ3v) is 5.00. The van der Waals surface area contributed by atoms with Gasteiger partial charge in [-0.15, -0.1) is 0 Å². The van der Waals surface area contributed by atoms with E-state index in [0.717, 1.165) is 34.1 Å². The van der Waals surface area contributed by atoms with Gasteiger partial charge >= 0.3 is 13.2 Å². The molecule has 2 N–H and O–H groups in total. The predicted molar refractivity (Wildman–Crippen MR) is 125 cm³/mol. The number of hydrogen-bond donors (Lipinski definition) is 2. The minimum Gasteiger partial charge on any atom is -0.497 e. The highest BCUT2D eigenvalue weighted by Crippen LogP contribution is 2.24. The lowest BCUT2D eigenvalue weighted by Crippen LogP contribution is -2.70. The van der Waals surface area contributed by atoms with Gasteiger partial charge in [-0.25, -0.2) is 9.79 Å². The molecule has 0 atom stereocenters.